The molecule has 0 aliphatic carbocycles. The smallest absolute Gasteiger partial charge is 0.366 e. The van der Waals surface area contributed by atoms with Crippen molar-refractivity contribution in [1.82, 2.24) is 0 Å². The van der Waals surface area contributed by atoms with Gasteiger partial charge in [0.1, 0.15) is 0 Å². The summed E-state index contributed by atoms with van der Waals surface area (Å²) < 4.78 is 17.3. The van der Waals surface area contributed by atoms with Crippen molar-refractivity contribution in [3.05, 3.63) is 54.7 Å². The first-order chi connectivity index (χ1) is 10.6. The lowest BCUT2D eigenvalue weighted by molar-refractivity contribution is -0.602. The maximum absolute atomic E-state index is 11.6. The molecule has 0 N–H and O–H groups in total. The normalized spacial score (nSPS) is 11.7. The van der Waals surface area contributed by atoms with Crippen LogP contribution in [0.3, 0.4) is 0 Å². The maximum atomic E-state index is 11.6. The van der Waals surface area contributed by atoms with E-state index >= 15 is 0 Å². The maximum Gasteiger partial charge on any atom is 0.366 e. The zero-order chi connectivity index (χ0) is 15.7. The first-order valence-electron chi connectivity index (χ1n) is 6.40. The van der Waals surface area contributed by atoms with E-state index in [1.54, 1.807) is 36.4 Å². The molecule has 0 unspecified atom stereocenters. The second-order valence-electron chi connectivity index (χ2n) is 4.47. The molecule has 0 amide bonds. The van der Waals surface area contributed by atoms with E-state index in [0.29, 0.717) is 11.1 Å². The summed E-state index contributed by atoms with van der Waals surface area (Å²) in [6.45, 7) is 0. The SMILES string of the molecule is COC(=O)c1ccc2c(c1)[I+]c1cc(C(=O)OC)ccc1O2. The molecule has 0 saturated heterocycles. The summed E-state index contributed by atoms with van der Waals surface area (Å²) in [5.41, 5.74) is 0.995. The van der Waals surface area contributed by atoms with Gasteiger partial charge in [-0.15, -0.1) is 0 Å². The van der Waals surface area contributed by atoms with Gasteiger partial charge in [0, 0.05) is 12.1 Å². The fourth-order valence-corrected chi connectivity index (χ4v) is 4.75. The summed E-state index contributed by atoms with van der Waals surface area (Å²) in [4.78, 5) is 23.2. The molecule has 0 saturated carbocycles. The fourth-order valence-electron chi connectivity index (χ4n) is 2.03. The predicted molar refractivity (Wildman–Crippen MR) is 73.0 cm³/mol. The summed E-state index contributed by atoms with van der Waals surface area (Å²) in [5.74, 6) is 0.749. The highest BCUT2D eigenvalue weighted by Gasteiger charge is 2.33. The van der Waals surface area contributed by atoms with Gasteiger partial charge in [-0.3, -0.25) is 0 Å². The number of carbonyl (C=O) groups excluding carboxylic acids is 2. The Morgan fingerprint density at radius 3 is 1.73 bits per heavy atom. The van der Waals surface area contributed by atoms with Crippen molar-refractivity contribution in [3.8, 4) is 11.5 Å². The number of hydrogen-bond acceptors (Lipinski definition) is 5. The van der Waals surface area contributed by atoms with Crippen LogP contribution in [0, 0.1) is 7.14 Å². The summed E-state index contributed by atoms with van der Waals surface area (Å²) in [6, 6.07) is 10.5. The number of esters is 2. The lowest BCUT2D eigenvalue weighted by Crippen LogP contribution is -3.62. The Labute approximate surface area is 137 Å². The van der Waals surface area contributed by atoms with E-state index in [4.69, 9.17) is 14.2 Å². The van der Waals surface area contributed by atoms with Crippen LogP contribution in [0.15, 0.2) is 36.4 Å². The van der Waals surface area contributed by atoms with Gasteiger partial charge in [0.2, 0.25) is 7.14 Å². The molecule has 6 heteroatoms. The van der Waals surface area contributed by atoms with Crippen molar-refractivity contribution in [2.75, 3.05) is 14.2 Å². The number of methoxy groups -OCH3 is 2. The molecule has 3 rings (SSSR count). The molecular formula is C16H12IO5+. The van der Waals surface area contributed by atoms with Gasteiger partial charge < -0.3 is 14.2 Å². The van der Waals surface area contributed by atoms with Crippen LogP contribution in [0.5, 0.6) is 11.5 Å². The Hall–Kier alpha value is -2.09. The molecule has 0 fully saturated rings. The Balaban J connectivity index is 1.96. The molecule has 1 aliphatic rings. The monoisotopic (exact) mass is 411 g/mol. The van der Waals surface area contributed by atoms with E-state index in [-0.39, 0.29) is 11.9 Å². The minimum atomic E-state index is -0.561. The third-order valence-corrected chi connectivity index (χ3v) is 5.98. The number of hydrogen-bond donors (Lipinski definition) is 0. The van der Waals surface area contributed by atoms with Gasteiger partial charge >= 0.3 is 33.1 Å². The molecule has 1 heterocycles. The topological polar surface area (TPSA) is 61.8 Å². The zero-order valence-corrected chi connectivity index (χ0v) is 14.0. The molecule has 1 aliphatic heterocycles. The van der Waals surface area contributed by atoms with Gasteiger partial charge in [-0.2, -0.15) is 0 Å². The minimum absolute atomic E-state index is 0.374. The number of ether oxygens (including phenoxy) is 3. The summed E-state index contributed by atoms with van der Waals surface area (Å²) in [5, 5.41) is 0. The largest absolute Gasteiger partial charge is 0.465 e. The highest BCUT2D eigenvalue weighted by Crippen LogP contribution is 2.25. The Kier molecular flexibility index (Phi) is 4.02. The van der Waals surface area contributed by atoms with Gasteiger partial charge in [-0.05, 0) is 24.3 Å². The van der Waals surface area contributed by atoms with Gasteiger partial charge in [-0.1, -0.05) is 0 Å². The number of benzene rings is 2. The lowest BCUT2D eigenvalue weighted by Gasteiger charge is -2.12. The highest BCUT2D eigenvalue weighted by molar-refractivity contribution is 5.90. The van der Waals surface area contributed by atoms with E-state index in [1.807, 2.05) is 0 Å². The molecular weight excluding hydrogens is 399 g/mol. The van der Waals surface area contributed by atoms with E-state index in [1.165, 1.54) is 14.2 Å². The van der Waals surface area contributed by atoms with Gasteiger partial charge in [0.25, 0.3) is 0 Å². The van der Waals surface area contributed by atoms with Gasteiger partial charge in [0.05, 0.1) is 25.3 Å². The number of carbonyl (C=O) groups is 2. The van der Waals surface area contributed by atoms with Crippen molar-refractivity contribution >= 4 is 11.9 Å². The summed E-state index contributed by atoms with van der Waals surface area (Å²) in [6.07, 6.45) is 0. The lowest BCUT2D eigenvalue weighted by atomic mass is 10.2. The van der Waals surface area contributed by atoms with Crippen molar-refractivity contribution in [2.45, 2.75) is 0 Å². The van der Waals surface area contributed by atoms with Crippen molar-refractivity contribution in [3.63, 3.8) is 0 Å². The van der Waals surface area contributed by atoms with Crippen LogP contribution < -0.4 is 25.9 Å². The average Bonchev–Trinajstić information content (AvgIpc) is 2.57. The molecule has 22 heavy (non-hydrogen) atoms. The minimum Gasteiger partial charge on any atom is -0.465 e. The number of halogens is 1. The van der Waals surface area contributed by atoms with Crippen LogP contribution in [0.1, 0.15) is 20.7 Å². The third kappa shape index (κ3) is 2.66. The fraction of sp³-hybridized carbons (Fsp3) is 0.125. The van der Waals surface area contributed by atoms with E-state index < -0.39 is 21.2 Å². The van der Waals surface area contributed by atoms with Crippen LogP contribution in [0.25, 0.3) is 0 Å². The first kappa shape index (κ1) is 14.8. The second-order valence-corrected chi connectivity index (χ2v) is 7.33. The Bertz CT molecular complexity index is 706. The first-order valence-corrected chi connectivity index (χ1v) is 8.55. The van der Waals surface area contributed by atoms with Crippen LogP contribution in [-0.2, 0) is 9.47 Å². The second kappa shape index (κ2) is 5.96. The quantitative estimate of drug-likeness (QED) is 0.420. The van der Waals surface area contributed by atoms with Crippen molar-refractivity contribution in [2.24, 2.45) is 0 Å². The van der Waals surface area contributed by atoms with Crippen LogP contribution in [0.4, 0.5) is 0 Å². The summed E-state index contributed by atoms with van der Waals surface area (Å²) >= 11 is -0.561. The zero-order valence-electron chi connectivity index (χ0n) is 11.9. The molecule has 2 aromatic carbocycles. The van der Waals surface area contributed by atoms with Crippen molar-refractivity contribution in [1.29, 1.82) is 0 Å². The van der Waals surface area contributed by atoms with E-state index in [9.17, 15) is 9.59 Å². The number of rotatable bonds is 2. The molecule has 0 atom stereocenters. The van der Waals surface area contributed by atoms with E-state index in [0.717, 1.165) is 18.6 Å². The van der Waals surface area contributed by atoms with E-state index in [2.05, 4.69) is 0 Å². The Morgan fingerprint density at radius 1 is 0.864 bits per heavy atom. The standard InChI is InChI=1S/C16H12IO5/c1-20-15(18)9-3-5-13-11(7-9)17-12-8-10(16(19)21-2)4-6-14(12)22-13/h3-8H,1-2H3/q+1. The highest BCUT2D eigenvalue weighted by atomic mass is 127. The van der Waals surface area contributed by atoms with Crippen LogP contribution >= 0.6 is 0 Å². The molecule has 0 radical (unpaired) electrons. The van der Waals surface area contributed by atoms with Gasteiger partial charge in [0.15, 0.2) is 11.5 Å². The van der Waals surface area contributed by atoms with Crippen LogP contribution in [0.2, 0.25) is 0 Å². The van der Waals surface area contributed by atoms with Crippen LogP contribution in [-0.4, -0.2) is 26.2 Å². The Morgan fingerprint density at radius 2 is 1.32 bits per heavy atom. The average molecular weight is 411 g/mol. The van der Waals surface area contributed by atoms with Gasteiger partial charge in [-0.25, -0.2) is 9.59 Å². The molecule has 112 valence electrons. The summed E-state index contributed by atoms with van der Waals surface area (Å²) in [7, 11) is 2.70. The van der Waals surface area contributed by atoms with Crippen molar-refractivity contribution < 1.29 is 45.0 Å². The molecule has 5 nitrogen and oxygen atoms in total. The molecule has 0 aromatic heterocycles. The number of fused-ring (bicyclic) bond motifs is 2. The molecule has 0 spiro atoms. The predicted octanol–water partition coefficient (Wildman–Crippen LogP) is -0.506. The molecule has 0 bridgehead atoms. The molecule has 2 aromatic rings. The third-order valence-electron chi connectivity index (χ3n) is 3.13.